The Hall–Kier alpha value is -3.22. The molecule has 0 saturated carbocycles. The normalized spacial score (nSPS) is 11.5. The molecule has 0 saturated heterocycles. The number of hydrogen-bond donors (Lipinski definition) is 1. The van der Waals surface area contributed by atoms with Crippen molar-refractivity contribution >= 4 is 40.2 Å². The van der Waals surface area contributed by atoms with Crippen LogP contribution in [0.1, 0.15) is 25.1 Å². The van der Waals surface area contributed by atoms with Gasteiger partial charge in [-0.25, -0.2) is 9.78 Å². The second-order valence-corrected chi connectivity index (χ2v) is 8.95. The van der Waals surface area contributed by atoms with E-state index in [0.29, 0.717) is 39.6 Å². The van der Waals surface area contributed by atoms with E-state index in [4.69, 9.17) is 32.7 Å². The van der Waals surface area contributed by atoms with Crippen molar-refractivity contribution in [1.29, 1.82) is 0 Å². The number of aromatic nitrogens is 2. The van der Waals surface area contributed by atoms with Gasteiger partial charge in [0.15, 0.2) is 11.4 Å². The predicted molar refractivity (Wildman–Crippen MR) is 129 cm³/mol. The van der Waals surface area contributed by atoms with Crippen molar-refractivity contribution < 1.29 is 19.4 Å². The highest BCUT2D eigenvalue weighted by atomic mass is 35.5. The van der Waals surface area contributed by atoms with Gasteiger partial charge in [0.1, 0.15) is 22.3 Å². The average molecular weight is 485 g/mol. The van der Waals surface area contributed by atoms with Gasteiger partial charge in [-0.15, -0.1) is 0 Å². The fraction of sp³-hybridized carbons (Fsp3) is 0.200. The molecule has 2 aromatic heterocycles. The number of hydrogen-bond acceptors (Lipinski definition) is 4. The molecule has 4 rings (SSSR count). The van der Waals surface area contributed by atoms with Gasteiger partial charge in [0.25, 0.3) is 0 Å². The van der Waals surface area contributed by atoms with Gasteiger partial charge in [0.05, 0.1) is 11.1 Å². The Morgan fingerprint density at radius 3 is 2.48 bits per heavy atom. The van der Waals surface area contributed by atoms with Crippen LogP contribution < -0.4 is 9.47 Å². The Morgan fingerprint density at radius 2 is 1.79 bits per heavy atom. The molecule has 0 aliphatic heterocycles. The first-order valence-electron chi connectivity index (χ1n) is 10.2. The van der Waals surface area contributed by atoms with Gasteiger partial charge >= 0.3 is 5.97 Å². The van der Waals surface area contributed by atoms with Crippen LogP contribution in [0.25, 0.3) is 11.0 Å². The minimum absolute atomic E-state index is 0.375. The van der Waals surface area contributed by atoms with E-state index in [1.807, 2.05) is 35.8 Å². The fourth-order valence-corrected chi connectivity index (χ4v) is 3.72. The molecule has 0 bridgehead atoms. The van der Waals surface area contributed by atoms with Gasteiger partial charge in [-0.2, -0.15) is 0 Å². The van der Waals surface area contributed by atoms with E-state index in [2.05, 4.69) is 4.98 Å². The van der Waals surface area contributed by atoms with Crippen LogP contribution in [0.5, 0.6) is 17.2 Å². The SMILES string of the molecule is Cc1c(Oc2ccc(Cl)cc2)c2ccc(Cl)nc2n1Cc1cccc(OC(C)(C)C(=O)O)c1. The number of rotatable bonds is 7. The van der Waals surface area contributed by atoms with Crippen LogP contribution in [-0.2, 0) is 11.3 Å². The summed E-state index contributed by atoms with van der Waals surface area (Å²) in [6.45, 7) is 5.44. The number of nitrogens with zero attached hydrogens (tertiary/aromatic N) is 2. The summed E-state index contributed by atoms with van der Waals surface area (Å²) in [5.74, 6) is 0.763. The quantitative estimate of drug-likeness (QED) is 0.294. The van der Waals surface area contributed by atoms with Gasteiger partial charge < -0.3 is 19.1 Å². The van der Waals surface area contributed by atoms with Gasteiger partial charge in [-0.3, -0.25) is 0 Å². The van der Waals surface area contributed by atoms with E-state index in [1.165, 1.54) is 13.8 Å². The molecule has 0 atom stereocenters. The van der Waals surface area contributed by atoms with E-state index >= 15 is 0 Å². The zero-order valence-corrected chi connectivity index (χ0v) is 19.8. The molecule has 2 heterocycles. The highest BCUT2D eigenvalue weighted by Crippen LogP contribution is 2.37. The summed E-state index contributed by atoms with van der Waals surface area (Å²) in [6, 6.07) is 18.1. The number of carbonyl (C=O) groups is 1. The van der Waals surface area contributed by atoms with Crippen LogP contribution in [0, 0.1) is 6.92 Å². The maximum atomic E-state index is 11.4. The number of carboxylic acid groups (broad SMARTS) is 1. The smallest absolute Gasteiger partial charge is 0.347 e. The van der Waals surface area contributed by atoms with Crippen molar-refractivity contribution in [3.63, 3.8) is 0 Å². The van der Waals surface area contributed by atoms with E-state index in [1.54, 1.807) is 36.4 Å². The van der Waals surface area contributed by atoms with Crippen LogP contribution in [0.4, 0.5) is 0 Å². The summed E-state index contributed by atoms with van der Waals surface area (Å²) in [6.07, 6.45) is 0. The average Bonchev–Trinajstić information content (AvgIpc) is 3.00. The predicted octanol–water partition coefficient (Wildman–Crippen LogP) is 6.73. The summed E-state index contributed by atoms with van der Waals surface area (Å²) >= 11 is 12.2. The second-order valence-electron chi connectivity index (χ2n) is 8.13. The summed E-state index contributed by atoms with van der Waals surface area (Å²) in [5.41, 5.74) is 1.12. The summed E-state index contributed by atoms with van der Waals surface area (Å²) in [7, 11) is 0. The first-order valence-corrected chi connectivity index (χ1v) is 11.0. The molecular formula is C25H22Cl2N2O4. The molecule has 8 heteroatoms. The third kappa shape index (κ3) is 4.92. The third-order valence-electron chi connectivity index (χ3n) is 5.24. The lowest BCUT2D eigenvalue weighted by molar-refractivity contribution is -0.152. The molecule has 6 nitrogen and oxygen atoms in total. The molecule has 0 aliphatic carbocycles. The molecule has 170 valence electrons. The summed E-state index contributed by atoms with van der Waals surface area (Å²) in [4.78, 5) is 16.0. The van der Waals surface area contributed by atoms with Crippen molar-refractivity contribution in [3.05, 3.63) is 82.1 Å². The lowest BCUT2D eigenvalue weighted by Gasteiger charge is -2.22. The number of pyridine rings is 1. The Balaban J connectivity index is 1.72. The van der Waals surface area contributed by atoms with Crippen LogP contribution in [-0.4, -0.2) is 26.2 Å². The molecule has 2 aromatic carbocycles. The molecule has 0 spiro atoms. The lowest BCUT2D eigenvalue weighted by Crippen LogP contribution is -2.37. The number of fused-ring (bicyclic) bond motifs is 1. The Labute approximate surface area is 201 Å². The maximum absolute atomic E-state index is 11.4. The van der Waals surface area contributed by atoms with Gasteiger partial charge in [0, 0.05) is 11.6 Å². The van der Waals surface area contributed by atoms with Crippen molar-refractivity contribution in [2.24, 2.45) is 0 Å². The van der Waals surface area contributed by atoms with Crippen molar-refractivity contribution in [3.8, 4) is 17.2 Å². The van der Waals surface area contributed by atoms with Gasteiger partial charge in [-0.05, 0) is 74.9 Å². The number of benzene rings is 2. The minimum atomic E-state index is -1.34. The molecule has 1 N–H and O–H groups in total. The van der Waals surface area contributed by atoms with E-state index in [9.17, 15) is 9.90 Å². The molecule has 0 amide bonds. The highest BCUT2D eigenvalue weighted by molar-refractivity contribution is 6.30. The van der Waals surface area contributed by atoms with Crippen molar-refractivity contribution in [2.45, 2.75) is 32.9 Å². The molecular weight excluding hydrogens is 463 g/mol. The topological polar surface area (TPSA) is 73.6 Å². The molecule has 0 unspecified atom stereocenters. The Bertz CT molecular complexity index is 1330. The van der Waals surface area contributed by atoms with E-state index in [0.717, 1.165) is 16.6 Å². The first-order chi connectivity index (χ1) is 15.6. The maximum Gasteiger partial charge on any atom is 0.347 e. The third-order valence-corrected chi connectivity index (χ3v) is 5.70. The van der Waals surface area contributed by atoms with Gasteiger partial charge in [-0.1, -0.05) is 35.3 Å². The number of halogens is 2. The van der Waals surface area contributed by atoms with Gasteiger partial charge in [0.2, 0.25) is 0 Å². The molecule has 4 aromatic rings. The van der Waals surface area contributed by atoms with E-state index < -0.39 is 11.6 Å². The van der Waals surface area contributed by atoms with E-state index in [-0.39, 0.29) is 0 Å². The van der Waals surface area contributed by atoms with Crippen molar-refractivity contribution in [2.75, 3.05) is 0 Å². The monoisotopic (exact) mass is 484 g/mol. The molecule has 0 aliphatic rings. The molecule has 33 heavy (non-hydrogen) atoms. The zero-order valence-electron chi connectivity index (χ0n) is 18.3. The summed E-state index contributed by atoms with van der Waals surface area (Å²) < 4.78 is 13.9. The highest BCUT2D eigenvalue weighted by Gasteiger charge is 2.29. The van der Waals surface area contributed by atoms with Crippen LogP contribution in [0.2, 0.25) is 10.2 Å². The first kappa shape index (κ1) is 23.0. The van der Waals surface area contributed by atoms with Crippen LogP contribution in [0.15, 0.2) is 60.7 Å². The second kappa shape index (κ2) is 8.96. The molecule has 0 fully saturated rings. The number of ether oxygens (including phenoxy) is 2. The number of carboxylic acids is 1. The Kier molecular flexibility index (Phi) is 6.23. The van der Waals surface area contributed by atoms with Crippen LogP contribution >= 0.6 is 23.2 Å². The molecule has 0 radical (unpaired) electrons. The van der Waals surface area contributed by atoms with Crippen LogP contribution in [0.3, 0.4) is 0 Å². The number of aliphatic carboxylic acids is 1. The summed E-state index contributed by atoms with van der Waals surface area (Å²) in [5, 5.41) is 11.2. The fourth-order valence-electron chi connectivity index (χ4n) is 3.46. The Morgan fingerprint density at radius 1 is 1.06 bits per heavy atom. The zero-order chi connectivity index (χ0) is 23.8. The van der Waals surface area contributed by atoms with Crippen molar-refractivity contribution in [1.82, 2.24) is 9.55 Å². The lowest BCUT2D eigenvalue weighted by atomic mass is 10.1. The largest absolute Gasteiger partial charge is 0.478 e. The minimum Gasteiger partial charge on any atom is -0.478 e. The standard InChI is InChI=1S/C25H22Cl2N2O4/c1-15-22(32-18-9-7-17(26)8-10-18)20-11-12-21(27)28-23(20)29(15)14-16-5-4-6-19(13-16)33-25(2,3)24(30)31/h4-13H,14H2,1-3H3,(H,30,31).